The zero-order valence-corrected chi connectivity index (χ0v) is 11.6. The Morgan fingerprint density at radius 2 is 2.22 bits per heavy atom. The number of likely N-dealkylation sites (N-methyl/N-ethyl adjacent to an activating group) is 1. The van der Waals surface area contributed by atoms with Gasteiger partial charge in [0.15, 0.2) is 0 Å². The van der Waals surface area contributed by atoms with Crippen molar-refractivity contribution in [2.24, 2.45) is 5.92 Å². The van der Waals surface area contributed by atoms with E-state index < -0.39 is 0 Å². The Labute approximate surface area is 110 Å². The average molecular weight is 251 g/mol. The summed E-state index contributed by atoms with van der Waals surface area (Å²) in [7, 11) is 1.92. The fraction of sp³-hybridized carbons (Fsp3) is 0.929. The van der Waals surface area contributed by atoms with Crippen molar-refractivity contribution in [3.8, 4) is 6.07 Å². The molecule has 0 radical (unpaired) electrons. The molecule has 0 aromatic heterocycles. The third-order valence-electron chi connectivity index (χ3n) is 4.26. The highest BCUT2D eigenvalue weighted by Gasteiger charge is 2.46. The molecule has 2 rings (SSSR count). The maximum Gasteiger partial charge on any atom is 0.122 e. The second kappa shape index (κ2) is 6.01. The topological polar surface area (TPSA) is 48.3 Å². The Kier molecular flexibility index (Phi) is 4.60. The van der Waals surface area contributed by atoms with Gasteiger partial charge >= 0.3 is 0 Å². The van der Waals surface area contributed by atoms with Gasteiger partial charge in [-0.2, -0.15) is 5.26 Å². The summed E-state index contributed by atoms with van der Waals surface area (Å²) < 4.78 is 5.73. The number of piperidine rings is 1. The van der Waals surface area contributed by atoms with Crippen LogP contribution in [0.5, 0.6) is 0 Å². The maximum absolute atomic E-state index is 9.52. The molecule has 1 aliphatic heterocycles. The second-order valence-electron chi connectivity index (χ2n) is 5.56. The molecule has 4 heteroatoms. The molecule has 2 unspecified atom stereocenters. The predicted molar refractivity (Wildman–Crippen MR) is 71.2 cm³/mol. The summed E-state index contributed by atoms with van der Waals surface area (Å²) in [5.41, 5.74) is -0.339. The van der Waals surface area contributed by atoms with E-state index in [1.165, 1.54) is 19.3 Å². The van der Waals surface area contributed by atoms with Gasteiger partial charge in [0.25, 0.3) is 0 Å². The standard InChI is InChI=1S/C14H25N3O/c1-3-18-13-5-4-8-17(9-13)11-14(10-15,16-2)12-6-7-12/h12-13,16H,3-9,11H2,1-2H3. The molecule has 2 fully saturated rings. The van der Waals surface area contributed by atoms with Crippen LogP contribution in [0.25, 0.3) is 0 Å². The van der Waals surface area contributed by atoms with Gasteiger partial charge in [0, 0.05) is 19.7 Å². The van der Waals surface area contributed by atoms with E-state index in [2.05, 4.69) is 23.2 Å². The maximum atomic E-state index is 9.52. The smallest absolute Gasteiger partial charge is 0.122 e. The lowest BCUT2D eigenvalue weighted by molar-refractivity contribution is 0.0000657. The number of hydrogen-bond donors (Lipinski definition) is 1. The van der Waals surface area contributed by atoms with Gasteiger partial charge in [-0.15, -0.1) is 0 Å². The second-order valence-corrected chi connectivity index (χ2v) is 5.56. The van der Waals surface area contributed by atoms with Crippen LogP contribution in [0.3, 0.4) is 0 Å². The third kappa shape index (κ3) is 3.03. The molecule has 0 aromatic carbocycles. The van der Waals surface area contributed by atoms with Crippen molar-refractivity contribution in [3.63, 3.8) is 0 Å². The Morgan fingerprint density at radius 1 is 1.44 bits per heavy atom. The number of likely N-dealkylation sites (tertiary alicyclic amines) is 1. The van der Waals surface area contributed by atoms with Crippen molar-refractivity contribution in [2.75, 3.05) is 33.3 Å². The first kappa shape index (κ1) is 13.8. The van der Waals surface area contributed by atoms with Crippen LogP contribution in [0.4, 0.5) is 0 Å². The Morgan fingerprint density at radius 3 is 2.78 bits per heavy atom. The molecule has 18 heavy (non-hydrogen) atoms. The van der Waals surface area contributed by atoms with Crippen molar-refractivity contribution in [3.05, 3.63) is 0 Å². The highest BCUT2D eigenvalue weighted by atomic mass is 16.5. The SMILES string of the molecule is CCOC1CCCN(CC(C#N)(NC)C2CC2)C1. The fourth-order valence-electron chi connectivity index (χ4n) is 3.05. The zero-order valence-electron chi connectivity index (χ0n) is 11.6. The highest BCUT2D eigenvalue weighted by molar-refractivity contribution is 5.16. The molecule has 1 saturated heterocycles. The summed E-state index contributed by atoms with van der Waals surface area (Å²) >= 11 is 0. The van der Waals surface area contributed by atoms with Gasteiger partial charge in [-0.3, -0.25) is 4.90 Å². The van der Waals surface area contributed by atoms with Gasteiger partial charge in [0.2, 0.25) is 0 Å². The summed E-state index contributed by atoms with van der Waals surface area (Å²) in [6, 6.07) is 2.53. The van der Waals surface area contributed by atoms with Gasteiger partial charge in [0.1, 0.15) is 5.54 Å². The summed E-state index contributed by atoms with van der Waals surface area (Å²) in [4.78, 5) is 2.40. The van der Waals surface area contributed by atoms with Crippen molar-refractivity contribution < 1.29 is 4.74 Å². The van der Waals surface area contributed by atoms with Gasteiger partial charge < -0.3 is 10.1 Å². The molecule has 1 aliphatic carbocycles. The summed E-state index contributed by atoms with van der Waals surface area (Å²) in [5, 5.41) is 12.8. The van der Waals surface area contributed by atoms with E-state index in [-0.39, 0.29) is 5.54 Å². The molecule has 0 bridgehead atoms. The number of hydrogen-bond acceptors (Lipinski definition) is 4. The third-order valence-corrected chi connectivity index (χ3v) is 4.26. The van der Waals surface area contributed by atoms with E-state index in [9.17, 15) is 5.26 Å². The Balaban J connectivity index is 1.92. The van der Waals surface area contributed by atoms with Crippen LogP contribution in [0.15, 0.2) is 0 Å². The molecule has 1 heterocycles. The summed E-state index contributed by atoms with van der Waals surface area (Å²) in [5.74, 6) is 0.542. The van der Waals surface area contributed by atoms with E-state index in [0.717, 1.165) is 32.7 Å². The molecular weight excluding hydrogens is 226 g/mol. The first-order chi connectivity index (χ1) is 8.74. The van der Waals surface area contributed by atoms with E-state index in [4.69, 9.17) is 4.74 Å². The summed E-state index contributed by atoms with van der Waals surface area (Å²) in [6.07, 6.45) is 5.08. The molecule has 1 N–H and O–H groups in total. The van der Waals surface area contributed by atoms with E-state index in [0.29, 0.717) is 12.0 Å². The largest absolute Gasteiger partial charge is 0.377 e. The Bertz CT molecular complexity index is 309. The molecule has 0 amide bonds. The van der Waals surface area contributed by atoms with E-state index in [1.807, 2.05) is 7.05 Å². The number of nitriles is 1. The van der Waals surface area contributed by atoms with E-state index >= 15 is 0 Å². The van der Waals surface area contributed by atoms with Crippen LogP contribution >= 0.6 is 0 Å². The van der Waals surface area contributed by atoms with Crippen LogP contribution in [-0.4, -0.2) is 49.8 Å². The molecule has 0 aromatic rings. The molecule has 2 aliphatic rings. The van der Waals surface area contributed by atoms with Crippen LogP contribution in [-0.2, 0) is 4.74 Å². The van der Waals surface area contributed by atoms with Crippen molar-refractivity contribution in [2.45, 2.75) is 44.2 Å². The number of nitrogens with zero attached hydrogens (tertiary/aromatic N) is 2. The fourth-order valence-corrected chi connectivity index (χ4v) is 3.05. The van der Waals surface area contributed by atoms with Crippen LogP contribution in [0, 0.1) is 17.2 Å². The normalized spacial score (nSPS) is 28.6. The Hall–Kier alpha value is -0.630. The van der Waals surface area contributed by atoms with Gasteiger partial charge in [-0.05, 0) is 52.1 Å². The molecular formula is C14H25N3O. The molecule has 102 valence electrons. The van der Waals surface area contributed by atoms with Crippen molar-refractivity contribution >= 4 is 0 Å². The van der Waals surface area contributed by atoms with Gasteiger partial charge in [-0.25, -0.2) is 0 Å². The van der Waals surface area contributed by atoms with Crippen molar-refractivity contribution in [1.29, 1.82) is 5.26 Å². The lowest BCUT2D eigenvalue weighted by atomic mass is 9.93. The molecule has 0 spiro atoms. The number of nitrogens with one attached hydrogen (secondary N) is 1. The van der Waals surface area contributed by atoms with Gasteiger partial charge in [-0.1, -0.05) is 0 Å². The number of rotatable bonds is 6. The first-order valence-corrected chi connectivity index (χ1v) is 7.18. The minimum absolute atomic E-state index is 0.339. The minimum atomic E-state index is -0.339. The highest BCUT2D eigenvalue weighted by Crippen LogP contribution is 2.40. The summed E-state index contributed by atoms with van der Waals surface area (Å²) in [6.45, 7) is 5.76. The lowest BCUT2D eigenvalue weighted by Crippen LogP contribution is -2.55. The zero-order chi connectivity index (χ0) is 13.0. The molecule has 1 saturated carbocycles. The first-order valence-electron chi connectivity index (χ1n) is 7.18. The monoisotopic (exact) mass is 251 g/mol. The van der Waals surface area contributed by atoms with Crippen LogP contribution in [0.2, 0.25) is 0 Å². The lowest BCUT2D eigenvalue weighted by Gasteiger charge is -2.38. The quantitative estimate of drug-likeness (QED) is 0.775. The van der Waals surface area contributed by atoms with Gasteiger partial charge in [0.05, 0.1) is 12.2 Å². The van der Waals surface area contributed by atoms with Crippen LogP contribution < -0.4 is 5.32 Å². The van der Waals surface area contributed by atoms with Crippen LogP contribution in [0.1, 0.15) is 32.6 Å². The molecule has 4 nitrogen and oxygen atoms in total. The van der Waals surface area contributed by atoms with Crippen molar-refractivity contribution in [1.82, 2.24) is 10.2 Å². The van der Waals surface area contributed by atoms with E-state index in [1.54, 1.807) is 0 Å². The molecule has 2 atom stereocenters. The average Bonchev–Trinajstić information content (AvgIpc) is 3.22. The number of ether oxygens (including phenoxy) is 1. The predicted octanol–water partition coefficient (Wildman–Crippen LogP) is 1.38. The minimum Gasteiger partial charge on any atom is -0.377 e.